The lowest BCUT2D eigenvalue weighted by atomic mass is 9.62. The Balaban J connectivity index is 1.81. The third-order valence-electron chi connectivity index (χ3n) is 3.94. The number of hydrogen-bond donors (Lipinski definition) is 2. The van der Waals surface area contributed by atoms with Gasteiger partial charge in [0.25, 0.3) is 0 Å². The number of rotatable bonds is 5. The van der Waals surface area contributed by atoms with Crippen LogP contribution in [0.5, 0.6) is 0 Å². The Labute approximate surface area is 113 Å². The van der Waals surface area contributed by atoms with Gasteiger partial charge in [0.1, 0.15) is 5.82 Å². The second kappa shape index (κ2) is 5.70. The van der Waals surface area contributed by atoms with Crippen LogP contribution < -0.4 is 11.1 Å². The Morgan fingerprint density at radius 1 is 1.53 bits per heavy atom. The van der Waals surface area contributed by atoms with Crippen LogP contribution in [-0.4, -0.2) is 19.0 Å². The molecule has 1 aliphatic rings. The predicted octanol–water partition coefficient (Wildman–Crippen LogP) is 1.86. The van der Waals surface area contributed by atoms with E-state index in [2.05, 4.69) is 12.2 Å². The molecule has 1 aromatic rings. The minimum atomic E-state index is -0.360. The summed E-state index contributed by atoms with van der Waals surface area (Å²) in [4.78, 5) is 12.1. The first-order chi connectivity index (χ1) is 9.05. The third-order valence-corrected chi connectivity index (χ3v) is 3.94. The first-order valence-corrected chi connectivity index (χ1v) is 6.78. The zero-order valence-corrected chi connectivity index (χ0v) is 11.3. The number of carbonyl (C=O) groups is 1. The topological polar surface area (TPSA) is 55.1 Å². The van der Waals surface area contributed by atoms with Gasteiger partial charge in [-0.2, -0.15) is 0 Å². The average molecular weight is 264 g/mol. The first kappa shape index (κ1) is 14.0. The summed E-state index contributed by atoms with van der Waals surface area (Å²) in [5.74, 6) is 0.386. The molecule has 0 atom stereocenters. The SMILES string of the molecule is CC1CC(CN)(C(=O)NCCc2cccc(F)c2)C1. The molecule has 0 heterocycles. The lowest BCUT2D eigenvalue weighted by molar-refractivity contribution is -0.138. The van der Waals surface area contributed by atoms with Crippen LogP contribution in [0.15, 0.2) is 24.3 Å². The fraction of sp³-hybridized carbons (Fsp3) is 0.533. The molecular formula is C15H21FN2O. The van der Waals surface area contributed by atoms with Crippen molar-refractivity contribution in [3.05, 3.63) is 35.6 Å². The molecule has 104 valence electrons. The maximum atomic E-state index is 13.0. The number of carbonyl (C=O) groups excluding carboxylic acids is 1. The number of hydrogen-bond acceptors (Lipinski definition) is 2. The van der Waals surface area contributed by atoms with E-state index in [0.717, 1.165) is 18.4 Å². The molecule has 0 saturated heterocycles. The Kier molecular flexibility index (Phi) is 4.20. The molecule has 0 bridgehead atoms. The monoisotopic (exact) mass is 264 g/mol. The summed E-state index contributed by atoms with van der Waals surface area (Å²) >= 11 is 0. The molecule has 0 aromatic heterocycles. The number of amides is 1. The lowest BCUT2D eigenvalue weighted by Gasteiger charge is -2.44. The quantitative estimate of drug-likeness (QED) is 0.853. The van der Waals surface area contributed by atoms with E-state index in [4.69, 9.17) is 5.73 Å². The third kappa shape index (κ3) is 3.13. The molecule has 0 spiro atoms. The number of nitrogens with one attached hydrogen (secondary N) is 1. The highest BCUT2D eigenvalue weighted by Gasteiger charge is 2.46. The highest BCUT2D eigenvalue weighted by molar-refractivity contribution is 5.83. The molecule has 3 N–H and O–H groups in total. The van der Waals surface area contributed by atoms with E-state index >= 15 is 0 Å². The summed E-state index contributed by atoms with van der Waals surface area (Å²) < 4.78 is 13.0. The second-order valence-electron chi connectivity index (χ2n) is 5.63. The number of halogens is 1. The van der Waals surface area contributed by atoms with Crippen LogP contribution in [0, 0.1) is 17.2 Å². The van der Waals surface area contributed by atoms with Crippen LogP contribution in [0.3, 0.4) is 0 Å². The van der Waals surface area contributed by atoms with E-state index in [1.807, 2.05) is 6.07 Å². The van der Waals surface area contributed by atoms with Gasteiger partial charge >= 0.3 is 0 Å². The van der Waals surface area contributed by atoms with E-state index in [9.17, 15) is 9.18 Å². The molecule has 1 aliphatic carbocycles. The van der Waals surface area contributed by atoms with Crippen LogP contribution in [0.2, 0.25) is 0 Å². The van der Waals surface area contributed by atoms with Gasteiger partial charge < -0.3 is 11.1 Å². The normalized spacial score (nSPS) is 25.7. The van der Waals surface area contributed by atoms with Gasteiger partial charge in [0.15, 0.2) is 0 Å². The van der Waals surface area contributed by atoms with E-state index in [1.165, 1.54) is 12.1 Å². The lowest BCUT2D eigenvalue weighted by Crippen LogP contribution is -2.53. The second-order valence-corrected chi connectivity index (χ2v) is 5.63. The fourth-order valence-electron chi connectivity index (χ4n) is 2.92. The van der Waals surface area contributed by atoms with Crippen LogP contribution in [0.4, 0.5) is 4.39 Å². The summed E-state index contributed by atoms with van der Waals surface area (Å²) in [5.41, 5.74) is 6.26. The van der Waals surface area contributed by atoms with Gasteiger partial charge in [-0.05, 0) is 42.9 Å². The van der Waals surface area contributed by atoms with Gasteiger partial charge in [-0.15, -0.1) is 0 Å². The summed E-state index contributed by atoms with van der Waals surface area (Å²) in [6.45, 7) is 3.06. The predicted molar refractivity (Wildman–Crippen MR) is 73.0 cm³/mol. The Morgan fingerprint density at radius 3 is 2.84 bits per heavy atom. The smallest absolute Gasteiger partial charge is 0.227 e. The fourth-order valence-corrected chi connectivity index (χ4v) is 2.92. The average Bonchev–Trinajstić information content (AvgIpc) is 2.34. The van der Waals surface area contributed by atoms with Gasteiger partial charge in [-0.25, -0.2) is 4.39 Å². The highest BCUT2D eigenvalue weighted by Crippen LogP contribution is 2.44. The van der Waals surface area contributed by atoms with Crippen LogP contribution in [0.1, 0.15) is 25.3 Å². The summed E-state index contributed by atoms with van der Waals surface area (Å²) in [6.07, 6.45) is 2.38. The Morgan fingerprint density at radius 2 is 2.26 bits per heavy atom. The molecular weight excluding hydrogens is 243 g/mol. The van der Waals surface area contributed by atoms with Crippen molar-refractivity contribution in [1.82, 2.24) is 5.32 Å². The maximum absolute atomic E-state index is 13.0. The molecule has 0 unspecified atom stereocenters. The molecule has 1 fully saturated rings. The molecule has 1 amide bonds. The van der Waals surface area contributed by atoms with Crippen molar-refractivity contribution in [2.45, 2.75) is 26.2 Å². The summed E-state index contributed by atoms with van der Waals surface area (Å²) in [7, 11) is 0. The molecule has 1 saturated carbocycles. The van der Waals surface area contributed by atoms with Crippen molar-refractivity contribution in [3.8, 4) is 0 Å². The standard InChI is InChI=1S/C15H21FN2O/c1-11-8-15(9-11,10-17)14(19)18-6-5-12-3-2-4-13(16)7-12/h2-4,7,11H,5-6,8-10,17H2,1H3,(H,18,19). The summed E-state index contributed by atoms with van der Waals surface area (Å²) in [6, 6.07) is 6.46. The number of benzene rings is 1. The van der Waals surface area contributed by atoms with Crippen molar-refractivity contribution in [1.29, 1.82) is 0 Å². The molecule has 3 nitrogen and oxygen atoms in total. The van der Waals surface area contributed by atoms with Crippen LogP contribution >= 0.6 is 0 Å². The van der Waals surface area contributed by atoms with E-state index in [-0.39, 0.29) is 17.1 Å². The molecule has 1 aromatic carbocycles. The molecule has 19 heavy (non-hydrogen) atoms. The van der Waals surface area contributed by atoms with E-state index in [0.29, 0.717) is 25.4 Å². The zero-order chi connectivity index (χ0) is 13.9. The largest absolute Gasteiger partial charge is 0.355 e. The molecule has 0 aliphatic heterocycles. The van der Waals surface area contributed by atoms with Crippen molar-refractivity contribution >= 4 is 5.91 Å². The molecule has 0 radical (unpaired) electrons. The molecule has 2 rings (SSSR count). The minimum Gasteiger partial charge on any atom is -0.355 e. The van der Waals surface area contributed by atoms with Crippen molar-refractivity contribution in [3.63, 3.8) is 0 Å². The van der Waals surface area contributed by atoms with Gasteiger partial charge in [-0.1, -0.05) is 19.1 Å². The number of nitrogens with two attached hydrogens (primary N) is 1. The van der Waals surface area contributed by atoms with Gasteiger partial charge in [0.2, 0.25) is 5.91 Å². The van der Waals surface area contributed by atoms with Crippen LogP contribution in [-0.2, 0) is 11.2 Å². The van der Waals surface area contributed by atoms with E-state index in [1.54, 1.807) is 6.07 Å². The zero-order valence-electron chi connectivity index (χ0n) is 11.3. The Bertz CT molecular complexity index is 455. The first-order valence-electron chi connectivity index (χ1n) is 6.78. The van der Waals surface area contributed by atoms with E-state index < -0.39 is 0 Å². The van der Waals surface area contributed by atoms with Gasteiger partial charge in [0.05, 0.1) is 5.41 Å². The Hall–Kier alpha value is -1.42. The summed E-state index contributed by atoms with van der Waals surface area (Å²) in [5, 5.41) is 2.92. The van der Waals surface area contributed by atoms with Gasteiger partial charge in [-0.3, -0.25) is 4.79 Å². The maximum Gasteiger partial charge on any atom is 0.227 e. The van der Waals surface area contributed by atoms with Crippen LogP contribution in [0.25, 0.3) is 0 Å². The molecule has 4 heteroatoms. The minimum absolute atomic E-state index is 0.0458. The van der Waals surface area contributed by atoms with Gasteiger partial charge in [0, 0.05) is 13.1 Å². The van der Waals surface area contributed by atoms with Crippen molar-refractivity contribution in [2.24, 2.45) is 17.1 Å². The van der Waals surface area contributed by atoms with Crippen molar-refractivity contribution in [2.75, 3.05) is 13.1 Å². The van der Waals surface area contributed by atoms with Crippen molar-refractivity contribution < 1.29 is 9.18 Å². The highest BCUT2D eigenvalue weighted by atomic mass is 19.1.